The van der Waals surface area contributed by atoms with Gasteiger partial charge in [-0.2, -0.15) is 0 Å². The highest BCUT2D eigenvalue weighted by molar-refractivity contribution is 5.28. The van der Waals surface area contributed by atoms with E-state index in [1.54, 1.807) is 0 Å². The van der Waals surface area contributed by atoms with Crippen molar-refractivity contribution in [3.8, 4) is 0 Å². The van der Waals surface area contributed by atoms with Gasteiger partial charge < -0.3 is 11.1 Å². The predicted octanol–water partition coefficient (Wildman–Crippen LogP) is 2.92. The van der Waals surface area contributed by atoms with E-state index in [9.17, 15) is 0 Å². The third-order valence-electron chi connectivity index (χ3n) is 3.86. The van der Waals surface area contributed by atoms with Crippen molar-refractivity contribution in [1.29, 1.82) is 0 Å². The van der Waals surface area contributed by atoms with Crippen molar-refractivity contribution in [2.45, 2.75) is 57.7 Å². The summed E-state index contributed by atoms with van der Waals surface area (Å²) in [5, 5.41) is 3.73. The number of benzene rings is 1. The Hall–Kier alpha value is -0.860. The second-order valence-electron chi connectivity index (χ2n) is 5.37. The largest absolute Gasteiger partial charge is 0.328 e. The Kier molecular flexibility index (Phi) is 4.19. The molecule has 2 nitrogen and oxygen atoms in total. The van der Waals surface area contributed by atoms with Gasteiger partial charge in [0, 0.05) is 18.1 Å². The normalized spacial score (nSPS) is 26.8. The van der Waals surface area contributed by atoms with Crippen LogP contribution < -0.4 is 11.1 Å². The van der Waals surface area contributed by atoms with Gasteiger partial charge in [0.25, 0.3) is 0 Å². The Morgan fingerprint density at radius 1 is 1.29 bits per heavy atom. The summed E-state index contributed by atoms with van der Waals surface area (Å²) in [6.45, 7) is 4.43. The molecule has 0 aliphatic heterocycles. The molecule has 94 valence electrons. The van der Waals surface area contributed by atoms with Crippen molar-refractivity contribution < 1.29 is 0 Å². The zero-order valence-corrected chi connectivity index (χ0v) is 10.9. The summed E-state index contributed by atoms with van der Waals surface area (Å²) < 4.78 is 0. The van der Waals surface area contributed by atoms with Gasteiger partial charge in [0.1, 0.15) is 0 Å². The summed E-state index contributed by atoms with van der Waals surface area (Å²) in [7, 11) is 0. The summed E-state index contributed by atoms with van der Waals surface area (Å²) in [5.74, 6) is 0. The van der Waals surface area contributed by atoms with E-state index in [4.69, 9.17) is 5.73 Å². The number of nitrogens with one attached hydrogen (secondary N) is 1. The summed E-state index contributed by atoms with van der Waals surface area (Å²) in [5.41, 5.74) is 8.81. The summed E-state index contributed by atoms with van der Waals surface area (Å²) >= 11 is 0. The van der Waals surface area contributed by atoms with E-state index < -0.39 is 0 Å². The molecule has 0 saturated heterocycles. The third-order valence-corrected chi connectivity index (χ3v) is 3.86. The first-order valence-electron chi connectivity index (χ1n) is 6.74. The fourth-order valence-electron chi connectivity index (χ4n) is 2.89. The Morgan fingerprint density at radius 2 is 2.06 bits per heavy atom. The van der Waals surface area contributed by atoms with Gasteiger partial charge in [-0.15, -0.1) is 0 Å². The Balaban J connectivity index is 1.97. The first-order chi connectivity index (χ1) is 8.16. The SMILES string of the molecule is Cc1ccccc1[C@@H](C)NC1CCCC(N)C1. The van der Waals surface area contributed by atoms with Crippen LogP contribution in [0.1, 0.15) is 49.8 Å². The van der Waals surface area contributed by atoms with Crippen molar-refractivity contribution in [1.82, 2.24) is 5.32 Å². The fourth-order valence-corrected chi connectivity index (χ4v) is 2.89. The highest BCUT2D eigenvalue weighted by atomic mass is 15.0. The van der Waals surface area contributed by atoms with E-state index >= 15 is 0 Å². The van der Waals surface area contributed by atoms with E-state index in [1.807, 2.05) is 0 Å². The van der Waals surface area contributed by atoms with Crippen LogP contribution in [0.2, 0.25) is 0 Å². The molecule has 17 heavy (non-hydrogen) atoms. The highest BCUT2D eigenvalue weighted by Crippen LogP contribution is 2.22. The van der Waals surface area contributed by atoms with Gasteiger partial charge in [-0.3, -0.25) is 0 Å². The fraction of sp³-hybridized carbons (Fsp3) is 0.600. The molecular formula is C15H24N2. The quantitative estimate of drug-likeness (QED) is 0.841. The van der Waals surface area contributed by atoms with Crippen LogP contribution in [0.4, 0.5) is 0 Å². The Morgan fingerprint density at radius 3 is 2.76 bits per heavy atom. The molecule has 1 saturated carbocycles. The summed E-state index contributed by atoms with van der Waals surface area (Å²) in [6.07, 6.45) is 4.84. The predicted molar refractivity (Wildman–Crippen MR) is 73.0 cm³/mol. The number of rotatable bonds is 3. The van der Waals surface area contributed by atoms with Crippen LogP contribution in [0.3, 0.4) is 0 Å². The second-order valence-corrected chi connectivity index (χ2v) is 5.37. The second kappa shape index (κ2) is 5.65. The maximum absolute atomic E-state index is 6.03. The molecule has 1 aliphatic rings. The van der Waals surface area contributed by atoms with Crippen molar-refractivity contribution in [2.75, 3.05) is 0 Å². The summed E-state index contributed by atoms with van der Waals surface area (Å²) in [4.78, 5) is 0. The lowest BCUT2D eigenvalue weighted by Gasteiger charge is -2.30. The average Bonchev–Trinajstić information content (AvgIpc) is 2.29. The van der Waals surface area contributed by atoms with Gasteiger partial charge in [0.05, 0.1) is 0 Å². The highest BCUT2D eigenvalue weighted by Gasteiger charge is 2.21. The minimum absolute atomic E-state index is 0.394. The number of hydrogen-bond donors (Lipinski definition) is 2. The summed E-state index contributed by atoms with van der Waals surface area (Å²) in [6, 6.07) is 10.0. The zero-order valence-electron chi connectivity index (χ0n) is 10.9. The molecule has 1 aromatic rings. The molecule has 2 rings (SSSR count). The van der Waals surface area contributed by atoms with Crippen LogP contribution in [0.15, 0.2) is 24.3 Å². The molecule has 0 heterocycles. The van der Waals surface area contributed by atoms with Gasteiger partial charge in [-0.05, 0) is 44.2 Å². The minimum atomic E-state index is 0.394. The molecule has 3 atom stereocenters. The lowest BCUT2D eigenvalue weighted by molar-refractivity contribution is 0.318. The van der Waals surface area contributed by atoms with Gasteiger partial charge >= 0.3 is 0 Å². The van der Waals surface area contributed by atoms with Crippen molar-refractivity contribution in [2.24, 2.45) is 5.73 Å². The molecule has 0 bridgehead atoms. The molecule has 0 spiro atoms. The van der Waals surface area contributed by atoms with Crippen LogP contribution in [0.5, 0.6) is 0 Å². The zero-order chi connectivity index (χ0) is 12.3. The molecule has 1 aromatic carbocycles. The Labute approximate surface area is 105 Å². The molecule has 0 radical (unpaired) electrons. The maximum atomic E-state index is 6.03. The Bertz CT molecular complexity index is 362. The molecule has 1 aliphatic carbocycles. The monoisotopic (exact) mass is 232 g/mol. The van der Waals surface area contributed by atoms with E-state index in [0.29, 0.717) is 18.1 Å². The maximum Gasteiger partial charge on any atom is 0.0296 e. The van der Waals surface area contributed by atoms with Gasteiger partial charge in [-0.25, -0.2) is 0 Å². The van der Waals surface area contributed by atoms with E-state index in [-0.39, 0.29) is 0 Å². The first-order valence-corrected chi connectivity index (χ1v) is 6.74. The number of aryl methyl sites for hydroxylation is 1. The van der Waals surface area contributed by atoms with Crippen LogP contribution in [0, 0.1) is 6.92 Å². The molecule has 2 heteroatoms. The standard InChI is InChI=1S/C15H24N2/c1-11-6-3-4-9-15(11)12(2)17-14-8-5-7-13(16)10-14/h3-4,6,9,12-14,17H,5,7-8,10,16H2,1-2H3/t12-,13?,14?/m1/s1. The minimum Gasteiger partial charge on any atom is -0.328 e. The average molecular weight is 232 g/mol. The number of nitrogens with two attached hydrogens (primary N) is 1. The molecular weight excluding hydrogens is 208 g/mol. The van der Waals surface area contributed by atoms with Crippen LogP contribution in [-0.4, -0.2) is 12.1 Å². The smallest absolute Gasteiger partial charge is 0.0296 e. The topological polar surface area (TPSA) is 38.0 Å². The third kappa shape index (κ3) is 3.30. The van der Waals surface area contributed by atoms with Crippen molar-refractivity contribution in [3.63, 3.8) is 0 Å². The molecule has 1 fully saturated rings. The van der Waals surface area contributed by atoms with Gasteiger partial charge in [-0.1, -0.05) is 30.7 Å². The molecule has 2 unspecified atom stereocenters. The van der Waals surface area contributed by atoms with Crippen molar-refractivity contribution in [3.05, 3.63) is 35.4 Å². The van der Waals surface area contributed by atoms with Crippen LogP contribution in [-0.2, 0) is 0 Å². The molecule has 0 amide bonds. The van der Waals surface area contributed by atoms with Gasteiger partial charge in [0.15, 0.2) is 0 Å². The molecule has 3 N–H and O–H groups in total. The van der Waals surface area contributed by atoms with Crippen molar-refractivity contribution >= 4 is 0 Å². The van der Waals surface area contributed by atoms with Crippen LogP contribution >= 0.6 is 0 Å². The van der Waals surface area contributed by atoms with Crippen LogP contribution in [0.25, 0.3) is 0 Å². The lowest BCUT2D eigenvalue weighted by Crippen LogP contribution is -2.40. The lowest BCUT2D eigenvalue weighted by atomic mass is 9.90. The number of hydrogen-bond acceptors (Lipinski definition) is 2. The van der Waals surface area contributed by atoms with Gasteiger partial charge in [0.2, 0.25) is 0 Å². The van der Waals surface area contributed by atoms with E-state index in [0.717, 1.165) is 6.42 Å². The van der Waals surface area contributed by atoms with E-state index in [2.05, 4.69) is 43.4 Å². The first kappa shape index (κ1) is 12.6. The van der Waals surface area contributed by atoms with E-state index in [1.165, 1.54) is 30.4 Å². The molecule has 0 aromatic heterocycles.